The van der Waals surface area contributed by atoms with Crippen LogP contribution in [0.4, 0.5) is 10.7 Å². The van der Waals surface area contributed by atoms with Crippen LogP contribution in [0, 0.1) is 0 Å². The second-order valence-electron chi connectivity index (χ2n) is 4.93. The van der Waals surface area contributed by atoms with Crippen LogP contribution in [0.25, 0.3) is 0 Å². The summed E-state index contributed by atoms with van der Waals surface area (Å²) in [6.45, 7) is 2.01. The fourth-order valence-electron chi connectivity index (χ4n) is 2.28. The molecule has 0 saturated carbocycles. The van der Waals surface area contributed by atoms with Gasteiger partial charge in [0, 0.05) is 27.2 Å². The van der Waals surface area contributed by atoms with E-state index >= 15 is 0 Å². The maximum atomic E-state index is 12.1. The van der Waals surface area contributed by atoms with Crippen molar-refractivity contribution in [2.45, 2.75) is 19.3 Å². The Balaban J connectivity index is 2.37. The van der Waals surface area contributed by atoms with E-state index in [4.69, 9.17) is 10.5 Å². The van der Waals surface area contributed by atoms with Crippen LogP contribution < -0.4 is 15.4 Å². The molecule has 0 aliphatic carbocycles. The first-order chi connectivity index (χ1) is 9.06. The van der Waals surface area contributed by atoms with E-state index < -0.39 is 0 Å². The normalized spacial score (nSPS) is 15.4. The number of piperidine rings is 1. The highest BCUT2D eigenvalue weighted by atomic mass is 32.1. The standard InChI is InChI=1S/C13H21N3O2S/c1-15(2)12(17)11-9(14)10(18-3)13(19-11)16-7-5-4-6-8-16/h4-8,14H2,1-3H3. The zero-order valence-corrected chi connectivity index (χ0v) is 12.5. The molecule has 1 amide bonds. The number of amides is 1. The lowest BCUT2D eigenvalue weighted by Crippen LogP contribution is -2.28. The largest absolute Gasteiger partial charge is 0.492 e. The highest BCUT2D eigenvalue weighted by Gasteiger charge is 2.26. The Kier molecular flexibility index (Phi) is 4.19. The number of methoxy groups -OCH3 is 1. The van der Waals surface area contributed by atoms with E-state index in [-0.39, 0.29) is 5.91 Å². The number of ether oxygens (including phenoxy) is 1. The predicted octanol–water partition coefficient (Wildman–Crippen LogP) is 2.03. The lowest BCUT2D eigenvalue weighted by Gasteiger charge is -2.27. The summed E-state index contributed by atoms with van der Waals surface area (Å²) in [7, 11) is 5.07. The SMILES string of the molecule is COc1c(N2CCCCC2)sc(C(=O)N(C)C)c1N. The number of carbonyl (C=O) groups is 1. The molecule has 0 spiro atoms. The highest BCUT2D eigenvalue weighted by Crippen LogP contribution is 2.45. The molecular formula is C13H21N3O2S. The fourth-order valence-corrected chi connectivity index (χ4v) is 3.54. The first kappa shape index (κ1) is 14.0. The number of nitrogens with two attached hydrogens (primary N) is 1. The summed E-state index contributed by atoms with van der Waals surface area (Å²) in [5.74, 6) is 0.584. The third-order valence-corrected chi connectivity index (χ3v) is 4.57. The van der Waals surface area contributed by atoms with E-state index in [0.29, 0.717) is 16.3 Å². The Morgan fingerprint density at radius 2 is 1.95 bits per heavy atom. The summed E-state index contributed by atoms with van der Waals surface area (Å²) < 4.78 is 5.41. The maximum Gasteiger partial charge on any atom is 0.265 e. The first-order valence-corrected chi connectivity index (χ1v) is 7.30. The number of carbonyl (C=O) groups excluding carboxylic acids is 1. The quantitative estimate of drug-likeness (QED) is 0.922. The van der Waals surface area contributed by atoms with Crippen molar-refractivity contribution in [1.82, 2.24) is 4.90 Å². The van der Waals surface area contributed by atoms with Crippen LogP contribution in [0.2, 0.25) is 0 Å². The van der Waals surface area contributed by atoms with E-state index in [0.717, 1.165) is 18.1 Å². The molecule has 0 bridgehead atoms. The van der Waals surface area contributed by atoms with Gasteiger partial charge in [0.05, 0.1) is 7.11 Å². The molecule has 1 aromatic rings. The lowest BCUT2D eigenvalue weighted by atomic mass is 10.1. The second-order valence-corrected chi connectivity index (χ2v) is 5.93. The van der Waals surface area contributed by atoms with E-state index in [9.17, 15) is 4.79 Å². The number of hydrogen-bond acceptors (Lipinski definition) is 5. The molecular weight excluding hydrogens is 262 g/mol. The van der Waals surface area contributed by atoms with Gasteiger partial charge in [-0.2, -0.15) is 0 Å². The Hall–Kier alpha value is -1.43. The first-order valence-electron chi connectivity index (χ1n) is 6.49. The third kappa shape index (κ3) is 2.63. The van der Waals surface area contributed by atoms with Gasteiger partial charge in [-0.25, -0.2) is 0 Å². The molecule has 0 radical (unpaired) electrons. The molecule has 0 atom stereocenters. The monoisotopic (exact) mass is 283 g/mol. The third-order valence-electron chi connectivity index (χ3n) is 3.33. The van der Waals surface area contributed by atoms with Crippen LogP contribution in [0.3, 0.4) is 0 Å². The van der Waals surface area contributed by atoms with Gasteiger partial charge in [-0.1, -0.05) is 0 Å². The fraction of sp³-hybridized carbons (Fsp3) is 0.615. The van der Waals surface area contributed by atoms with E-state index in [1.54, 1.807) is 26.1 Å². The van der Waals surface area contributed by atoms with Gasteiger partial charge in [0.2, 0.25) is 0 Å². The van der Waals surface area contributed by atoms with Crippen molar-refractivity contribution in [3.8, 4) is 5.75 Å². The molecule has 0 unspecified atom stereocenters. The molecule has 1 aliphatic rings. The smallest absolute Gasteiger partial charge is 0.265 e. The van der Waals surface area contributed by atoms with Crippen LogP contribution in [-0.4, -0.2) is 45.1 Å². The Morgan fingerprint density at radius 3 is 2.47 bits per heavy atom. The van der Waals surface area contributed by atoms with Gasteiger partial charge in [-0.3, -0.25) is 4.79 Å². The molecule has 5 nitrogen and oxygen atoms in total. The van der Waals surface area contributed by atoms with Gasteiger partial charge < -0.3 is 20.3 Å². The average Bonchev–Trinajstić information content (AvgIpc) is 2.75. The Labute approximate surface area is 117 Å². The summed E-state index contributed by atoms with van der Waals surface area (Å²) in [5.41, 5.74) is 6.54. The summed E-state index contributed by atoms with van der Waals surface area (Å²) >= 11 is 1.44. The lowest BCUT2D eigenvalue weighted by molar-refractivity contribution is 0.0833. The van der Waals surface area contributed by atoms with Crippen molar-refractivity contribution in [2.75, 3.05) is 44.9 Å². The number of anilines is 2. The maximum absolute atomic E-state index is 12.1. The van der Waals surface area contributed by atoms with Crippen molar-refractivity contribution in [3.63, 3.8) is 0 Å². The molecule has 1 fully saturated rings. The summed E-state index contributed by atoms with van der Waals surface area (Å²) in [4.78, 5) is 16.5. The molecule has 2 N–H and O–H groups in total. The van der Waals surface area contributed by atoms with Crippen LogP contribution >= 0.6 is 11.3 Å². The predicted molar refractivity (Wildman–Crippen MR) is 79.4 cm³/mol. The van der Waals surface area contributed by atoms with Crippen LogP contribution in [0.15, 0.2) is 0 Å². The zero-order chi connectivity index (χ0) is 14.0. The van der Waals surface area contributed by atoms with Crippen LogP contribution in [0.1, 0.15) is 28.9 Å². The van der Waals surface area contributed by atoms with Gasteiger partial charge in [0.15, 0.2) is 5.75 Å². The number of rotatable bonds is 3. The number of hydrogen-bond donors (Lipinski definition) is 1. The summed E-state index contributed by atoms with van der Waals surface area (Å²) in [6, 6.07) is 0. The van der Waals surface area contributed by atoms with Gasteiger partial charge in [-0.15, -0.1) is 11.3 Å². The Morgan fingerprint density at radius 1 is 1.32 bits per heavy atom. The highest BCUT2D eigenvalue weighted by molar-refractivity contribution is 7.19. The zero-order valence-electron chi connectivity index (χ0n) is 11.7. The molecule has 1 saturated heterocycles. The summed E-state index contributed by atoms with van der Waals surface area (Å²) in [5, 5.41) is 0.991. The minimum atomic E-state index is -0.0657. The van der Waals surface area contributed by atoms with Crippen LogP contribution in [-0.2, 0) is 0 Å². The molecule has 6 heteroatoms. The number of nitrogen functional groups attached to an aromatic ring is 1. The van der Waals surface area contributed by atoms with Crippen molar-refractivity contribution in [1.29, 1.82) is 0 Å². The second kappa shape index (κ2) is 5.69. The molecule has 1 aromatic heterocycles. The molecule has 106 valence electrons. The van der Waals surface area contributed by atoms with Gasteiger partial charge in [-0.05, 0) is 19.3 Å². The molecule has 1 aliphatic heterocycles. The minimum absolute atomic E-state index is 0.0657. The van der Waals surface area contributed by atoms with Crippen LogP contribution in [0.5, 0.6) is 5.75 Å². The molecule has 0 aromatic carbocycles. The van der Waals surface area contributed by atoms with Crippen molar-refractivity contribution in [2.24, 2.45) is 0 Å². The molecule has 2 rings (SSSR count). The van der Waals surface area contributed by atoms with Crippen molar-refractivity contribution < 1.29 is 9.53 Å². The number of nitrogens with zero attached hydrogens (tertiary/aromatic N) is 2. The van der Waals surface area contributed by atoms with Crippen molar-refractivity contribution >= 4 is 27.9 Å². The topological polar surface area (TPSA) is 58.8 Å². The minimum Gasteiger partial charge on any atom is -0.492 e. The van der Waals surface area contributed by atoms with E-state index in [2.05, 4.69) is 4.90 Å². The summed E-state index contributed by atoms with van der Waals surface area (Å²) in [6.07, 6.45) is 3.62. The van der Waals surface area contributed by atoms with Crippen molar-refractivity contribution in [3.05, 3.63) is 4.88 Å². The molecule has 2 heterocycles. The average molecular weight is 283 g/mol. The van der Waals surface area contributed by atoms with Gasteiger partial charge in [0.1, 0.15) is 15.6 Å². The van der Waals surface area contributed by atoms with Gasteiger partial charge >= 0.3 is 0 Å². The van der Waals surface area contributed by atoms with E-state index in [1.807, 2.05) is 0 Å². The van der Waals surface area contributed by atoms with E-state index in [1.165, 1.54) is 30.6 Å². The number of thiophene rings is 1. The Bertz CT molecular complexity index is 465. The van der Waals surface area contributed by atoms with Gasteiger partial charge in [0.25, 0.3) is 5.91 Å². The molecule has 19 heavy (non-hydrogen) atoms.